The molecule has 4 rings (SSSR count). The highest BCUT2D eigenvalue weighted by molar-refractivity contribution is 5.45. The monoisotopic (exact) mass is 256 g/mol. The van der Waals surface area contributed by atoms with Gasteiger partial charge in [0.05, 0.1) is 0 Å². The zero-order valence-electron chi connectivity index (χ0n) is 11.8. The standard InChI is InChI=1S/C17H24N2/c1-11-3-2-4-14-13(11)9-16-15-6-5-12(18)10-17(14,15)7-8-19-16/h2-4,12,15-16,19H,5-10,18H2,1H3/t12-,15-,16+,17+/m0/s1. The first-order valence-corrected chi connectivity index (χ1v) is 7.79. The van der Waals surface area contributed by atoms with Gasteiger partial charge in [-0.25, -0.2) is 0 Å². The lowest BCUT2D eigenvalue weighted by atomic mass is 9.52. The molecule has 1 aromatic carbocycles. The van der Waals surface area contributed by atoms with Gasteiger partial charge in [-0.3, -0.25) is 0 Å². The Labute approximate surface area is 115 Å². The molecule has 3 aliphatic rings. The Kier molecular flexibility index (Phi) is 2.55. The predicted octanol–water partition coefficient (Wildman–Crippen LogP) is 2.28. The summed E-state index contributed by atoms with van der Waals surface area (Å²) in [5.41, 5.74) is 11.5. The second kappa shape index (κ2) is 4.07. The SMILES string of the molecule is Cc1cccc2c1C[C@H]1NCC[C@@]23C[C@@H](N)CC[C@@H]13. The van der Waals surface area contributed by atoms with E-state index in [1.807, 2.05) is 0 Å². The Bertz CT molecular complexity index is 510. The molecule has 0 amide bonds. The van der Waals surface area contributed by atoms with E-state index in [1.54, 1.807) is 11.1 Å². The zero-order chi connectivity index (χ0) is 13.0. The average molecular weight is 256 g/mol. The number of hydrogen-bond acceptors (Lipinski definition) is 2. The van der Waals surface area contributed by atoms with E-state index >= 15 is 0 Å². The fourth-order valence-electron chi connectivity index (χ4n) is 5.21. The molecule has 3 N–H and O–H groups in total. The number of hydrogen-bond donors (Lipinski definition) is 2. The summed E-state index contributed by atoms with van der Waals surface area (Å²) in [5, 5.41) is 3.79. The molecular formula is C17H24N2. The minimum absolute atomic E-state index is 0.382. The molecule has 1 aromatic rings. The quantitative estimate of drug-likeness (QED) is 0.747. The molecule has 1 saturated heterocycles. The van der Waals surface area contributed by atoms with Crippen molar-refractivity contribution in [3.05, 3.63) is 34.9 Å². The van der Waals surface area contributed by atoms with Crippen LogP contribution >= 0.6 is 0 Å². The van der Waals surface area contributed by atoms with Crippen molar-refractivity contribution >= 4 is 0 Å². The van der Waals surface area contributed by atoms with Crippen LogP contribution in [0.15, 0.2) is 18.2 Å². The van der Waals surface area contributed by atoms with Crippen molar-refractivity contribution in [2.45, 2.75) is 56.5 Å². The van der Waals surface area contributed by atoms with Crippen LogP contribution in [0.1, 0.15) is 42.4 Å². The molecule has 2 heteroatoms. The van der Waals surface area contributed by atoms with Gasteiger partial charge < -0.3 is 11.1 Å². The van der Waals surface area contributed by atoms with Gasteiger partial charge in [0.2, 0.25) is 0 Å². The van der Waals surface area contributed by atoms with E-state index in [2.05, 4.69) is 30.4 Å². The number of rotatable bonds is 0. The number of piperidine rings is 1. The summed E-state index contributed by atoms with van der Waals surface area (Å²) in [5.74, 6) is 0.815. The first-order valence-electron chi connectivity index (χ1n) is 7.79. The summed E-state index contributed by atoms with van der Waals surface area (Å²) in [6.45, 7) is 3.44. The van der Waals surface area contributed by atoms with E-state index in [4.69, 9.17) is 5.73 Å². The molecule has 0 aromatic heterocycles. The topological polar surface area (TPSA) is 38.0 Å². The van der Waals surface area contributed by atoms with Crippen molar-refractivity contribution in [1.29, 1.82) is 0 Å². The van der Waals surface area contributed by atoms with Gasteiger partial charge in [-0.15, -0.1) is 0 Å². The van der Waals surface area contributed by atoms with Crippen LogP contribution in [0.25, 0.3) is 0 Å². The molecule has 0 radical (unpaired) electrons. The first-order chi connectivity index (χ1) is 9.21. The maximum Gasteiger partial charge on any atom is 0.0144 e. The Hall–Kier alpha value is -0.860. The number of nitrogens with two attached hydrogens (primary N) is 1. The number of nitrogens with one attached hydrogen (secondary N) is 1. The van der Waals surface area contributed by atoms with Crippen LogP contribution in [-0.4, -0.2) is 18.6 Å². The molecule has 0 spiro atoms. The van der Waals surface area contributed by atoms with E-state index in [0.717, 1.165) is 5.92 Å². The molecular weight excluding hydrogens is 232 g/mol. The van der Waals surface area contributed by atoms with Crippen LogP contribution in [0.2, 0.25) is 0 Å². The molecule has 2 bridgehead atoms. The minimum Gasteiger partial charge on any atom is -0.328 e. The van der Waals surface area contributed by atoms with E-state index in [9.17, 15) is 0 Å². The average Bonchev–Trinajstić information content (AvgIpc) is 2.39. The van der Waals surface area contributed by atoms with Crippen LogP contribution in [0.3, 0.4) is 0 Å². The van der Waals surface area contributed by atoms with E-state index in [1.165, 1.54) is 44.2 Å². The van der Waals surface area contributed by atoms with E-state index < -0.39 is 0 Å². The molecule has 102 valence electrons. The van der Waals surface area contributed by atoms with Crippen molar-refractivity contribution in [2.75, 3.05) is 6.54 Å². The van der Waals surface area contributed by atoms with E-state index in [-0.39, 0.29) is 0 Å². The highest BCUT2D eigenvalue weighted by atomic mass is 15.0. The number of aryl methyl sites for hydroxylation is 1. The third kappa shape index (κ3) is 1.56. The molecule has 1 saturated carbocycles. The third-order valence-corrected chi connectivity index (χ3v) is 6.02. The van der Waals surface area contributed by atoms with Crippen molar-refractivity contribution in [3.63, 3.8) is 0 Å². The highest BCUT2D eigenvalue weighted by Crippen LogP contribution is 2.53. The van der Waals surface area contributed by atoms with Crippen LogP contribution in [-0.2, 0) is 11.8 Å². The molecule has 1 heterocycles. The smallest absolute Gasteiger partial charge is 0.0144 e. The van der Waals surface area contributed by atoms with Gasteiger partial charge >= 0.3 is 0 Å². The lowest BCUT2D eigenvalue weighted by molar-refractivity contribution is 0.0703. The second-order valence-corrected chi connectivity index (χ2v) is 6.92. The molecule has 4 atom stereocenters. The van der Waals surface area contributed by atoms with Crippen LogP contribution in [0.5, 0.6) is 0 Å². The van der Waals surface area contributed by atoms with Gasteiger partial charge in [-0.2, -0.15) is 0 Å². The summed E-state index contributed by atoms with van der Waals surface area (Å²) in [6.07, 6.45) is 6.23. The maximum absolute atomic E-state index is 6.35. The van der Waals surface area contributed by atoms with Gasteiger partial charge in [0, 0.05) is 17.5 Å². The van der Waals surface area contributed by atoms with Crippen molar-refractivity contribution in [1.82, 2.24) is 5.32 Å². The third-order valence-electron chi connectivity index (χ3n) is 6.02. The van der Waals surface area contributed by atoms with Gasteiger partial charge in [-0.05, 0) is 68.2 Å². The molecule has 0 unspecified atom stereocenters. The zero-order valence-corrected chi connectivity index (χ0v) is 11.8. The molecule has 2 fully saturated rings. The number of benzene rings is 1. The second-order valence-electron chi connectivity index (χ2n) is 6.92. The molecule has 19 heavy (non-hydrogen) atoms. The Morgan fingerprint density at radius 1 is 1.32 bits per heavy atom. The fourth-order valence-corrected chi connectivity index (χ4v) is 5.21. The normalized spacial score (nSPS) is 40.4. The lowest BCUT2D eigenvalue weighted by Gasteiger charge is -2.57. The van der Waals surface area contributed by atoms with Gasteiger partial charge in [0.15, 0.2) is 0 Å². The summed E-state index contributed by atoms with van der Waals surface area (Å²) in [4.78, 5) is 0. The van der Waals surface area contributed by atoms with Crippen molar-refractivity contribution < 1.29 is 0 Å². The predicted molar refractivity (Wildman–Crippen MR) is 78.3 cm³/mol. The summed E-state index contributed by atoms with van der Waals surface area (Å²) in [6, 6.07) is 8.02. The van der Waals surface area contributed by atoms with Gasteiger partial charge in [0.25, 0.3) is 0 Å². The van der Waals surface area contributed by atoms with Gasteiger partial charge in [-0.1, -0.05) is 18.2 Å². The highest BCUT2D eigenvalue weighted by Gasteiger charge is 2.52. The Balaban J connectivity index is 1.91. The largest absolute Gasteiger partial charge is 0.328 e. The first kappa shape index (κ1) is 11.9. The Morgan fingerprint density at radius 3 is 3.11 bits per heavy atom. The lowest BCUT2D eigenvalue weighted by Crippen LogP contribution is -2.61. The van der Waals surface area contributed by atoms with Crippen LogP contribution in [0.4, 0.5) is 0 Å². The fraction of sp³-hybridized carbons (Fsp3) is 0.647. The summed E-state index contributed by atoms with van der Waals surface area (Å²) >= 11 is 0. The van der Waals surface area contributed by atoms with Crippen molar-refractivity contribution in [3.8, 4) is 0 Å². The van der Waals surface area contributed by atoms with Gasteiger partial charge in [0.1, 0.15) is 0 Å². The summed E-state index contributed by atoms with van der Waals surface area (Å²) < 4.78 is 0. The van der Waals surface area contributed by atoms with Crippen LogP contribution < -0.4 is 11.1 Å². The number of fused-ring (bicyclic) bond motifs is 1. The van der Waals surface area contributed by atoms with Crippen LogP contribution in [0, 0.1) is 12.8 Å². The maximum atomic E-state index is 6.35. The van der Waals surface area contributed by atoms with Crippen molar-refractivity contribution in [2.24, 2.45) is 11.7 Å². The minimum atomic E-state index is 0.382. The molecule has 2 aliphatic carbocycles. The summed E-state index contributed by atoms with van der Waals surface area (Å²) in [7, 11) is 0. The molecule has 2 nitrogen and oxygen atoms in total. The Morgan fingerprint density at radius 2 is 2.21 bits per heavy atom. The van der Waals surface area contributed by atoms with E-state index in [0.29, 0.717) is 17.5 Å². The molecule has 1 aliphatic heterocycles.